The zero-order chi connectivity index (χ0) is 23.1. The number of carbonyl (C=O) groups excluding carboxylic acids is 1. The Hall–Kier alpha value is -3.61. The van der Waals surface area contributed by atoms with E-state index in [1.54, 1.807) is 48.5 Å². The Balaban J connectivity index is 1.98. The number of carbonyl (C=O) groups is 1. The van der Waals surface area contributed by atoms with Crippen molar-refractivity contribution in [1.29, 1.82) is 5.26 Å². The number of methoxy groups -OCH3 is 1. The average Bonchev–Trinajstić information content (AvgIpc) is 2.80. The van der Waals surface area contributed by atoms with E-state index in [2.05, 4.69) is 21.2 Å². The Kier molecular flexibility index (Phi) is 7.30. The molecule has 0 aliphatic heterocycles. The molecule has 0 radical (unpaired) electrons. The van der Waals surface area contributed by atoms with Gasteiger partial charge in [-0.3, -0.25) is 4.79 Å². The highest BCUT2D eigenvalue weighted by atomic mass is 79.9. The first-order valence-electron chi connectivity index (χ1n) is 9.19. The second-order valence-corrected chi connectivity index (χ2v) is 8.82. The molecule has 1 amide bonds. The van der Waals surface area contributed by atoms with Crippen molar-refractivity contribution in [1.82, 2.24) is 0 Å². The molecule has 32 heavy (non-hydrogen) atoms. The quantitative estimate of drug-likeness (QED) is 0.277. The molecular weight excluding hydrogens is 496 g/mol. The van der Waals surface area contributed by atoms with Gasteiger partial charge in [0.25, 0.3) is 5.91 Å². The summed E-state index contributed by atoms with van der Waals surface area (Å²) < 4.78 is 36.9. The van der Waals surface area contributed by atoms with Crippen molar-refractivity contribution in [3.05, 3.63) is 88.4 Å². The molecule has 0 unspecified atom stereocenters. The third kappa shape index (κ3) is 5.55. The third-order valence-electron chi connectivity index (χ3n) is 4.22. The fourth-order valence-electron chi connectivity index (χ4n) is 2.68. The molecule has 0 aromatic heterocycles. The van der Waals surface area contributed by atoms with E-state index in [0.29, 0.717) is 5.69 Å². The van der Waals surface area contributed by atoms with E-state index in [0.717, 1.165) is 4.47 Å². The Morgan fingerprint density at radius 3 is 2.34 bits per heavy atom. The molecule has 3 rings (SSSR count). The molecule has 0 heterocycles. The first kappa shape index (κ1) is 23.1. The van der Waals surface area contributed by atoms with E-state index in [-0.39, 0.29) is 27.5 Å². The molecule has 9 heteroatoms. The lowest BCUT2D eigenvalue weighted by atomic mass is 10.1. The van der Waals surface area contributed by atoms with Crippen molar-refractivity contribution >= 4 is 43.7 Å². The van der Waals surface area contributed by atoms with Crippen molar-refractivity contribution in [3.8, 4) is 17.6 Å². The molecule has 0 fully saturated rings. The van der Waals surface area contributed by atoms with Gasteiger partial charge in [0.1, 0.15) is 16.5 Å². The summed E-state index contributed by atoms with van der Waals surface area (Å²) in [7, 11) is -2.82. The minimum atomic E-state index is -4.18. The van der Waals surface area contributed by atoms with Crippen LogP contribution in [0.3, 0.4) is 0 Å². The summed E-state index contributed by atoms with van der Waals surface area (Å²) in [5.41, 5.74) is 0.433. The number of hydrogen-bond acceptors (Lipinski definition) is 6. The van der Waals surface area contributed by atoms with Gasteiger partial charge in [-0.1, -0.05) is 46.3 Å². The van der Waals surface area contributed by atoms with E-state index >= 15 is 0 Å². The second-order valence-electron chi connectivity index (χ2n) is 6.36. The largest absolute Gasteiger partial charge is 0.493 e. The number of nitriles is 1. The molecule has 3 aromatic rings. The monoisotopic (exact) mass is 512 g/mol. The topological polar surface area (TPSA) is 105 Å². The number of nitrogens with one attached hydrogen (secondary N) is 1. The normalized spacial score (nSPS) is 11.3. The molecule has 0 atom stereocenters. The highest BCUT2D eigenvalue weighted by Crippen LogP contribution is 2.35. The number of hydrogen-bond donors (Lipinski definition) is 1. The van der Waals surface area contributed by atoms with E-state index in [1.807, 2.05) is 6.07 Å². The van der Waals surface area contributed by atoms with Gasteiger partial charge >= 0.3 is 10.1 Å². The first-order valence-corrected chi connectivity index (χ1v) is 11.4. The summed E-state index contributed by atoms with van der Waals surface area (Å²) in [5, 5.41) is 12.2. The highest BCUT2D eigenvalue weighted by Gasteiger charge is 2.22. The first-order chi connectivity index (χ1) is 15.3. The molecule has 162 valence electrons. The molecule has 1 N–H and O–H groups in total. The van der Waals surface area contributed by atoms with Gasteiger partial charge in [0.05, 0.1) is 7.11 Å². The van der Waals surface area contributed by atoms with E-state index < -0.39 is 16.0 Å². The summed E-state index contributed by atoms with van der Waals surface area (Å²) in [5.74, 6) is -0.665. The van der Waals surface area contributed by atoms with Crippen LogP contribution in [0.15, 0.2) is 87.7 Å². The van der Waals surface area contributed by atoms with Crippen LogP contribution in [0.1, 0.15) is 5.56 Å². The van der Waals surface area contributed by atoms with Crippen LogP contribution in [0.5, 0.6) is 11.5 Å². The summed E-state index contributed by atoms with van der Waals surface area (Å²) in [4.78, 5) is 12.6. The summed E-state index contributed by atoms with van der Waals surface area (Å²) >= 11 is 3.31. The van der Waals surface area contributed by atoms with Crippen molar-refractivity contribution in [3.63, 3.8) is 0 Å². The molecule has 0 spiro atoms. The standard InChI is InChI=1S/C23H17BrN2O5S/c1-30-21-9-5-6-16(22(21)31-32(28,29)20-7-3-2-4-8-20)14-17(15-25)23(27)26-19-12-10-18(24)11-13-19/h2-14H,1H3,(H,26,27)/b17-14+. The van der Waals surface area contributed by atoms with Crippen molar-refractivity contribution < 1.29 is 22.1 Å². The number of benzene rings is 3. The smallest absolute Gasteiger partial charge is 0.339 e. The maximum atomic E-state index is 12.7. The summed E-state index contributed by atoms with van der Waals surface area (Å²) in [6.45, 7) is 0. The third-order valence-corrected chi connectivity index (χ3v) is 5.99. The Bertz CT molecular complexity index is 1300. The molecule has 0 saturated carbocycles. The number of anilines is 1. The van der Waals surface area contributed by atoms with Gasteiger partial charge in [-0.25, -0.2) is 0 Å². The maximum Gasteiger partial charge on any atom is 0.339 e. The van der Waals surface area contributed by atoms with Gasteiger partial charge in [-0.05, 0) is 48.5 Å². The minimum absolute atomic E-state index is 0.0469. The number of halogens is 1. The van der Waals surface area contributed by atoms with Crippen LogP contribution in [-0.2, 0) is 14.9 Å². The minimum Gasteiger partial charge on any atom is -0.493 e. The van der Waals surface area contributed by atoms with Crippen LogP contribution in [0.4, 0.5) is 5.69 Å². The van der Waals surface area contributed by atoms with Crippen LogP contribution in [-0.4, -0.2) is 21.4 Å². The Morgan fingerprint density at radius 1 is 1.03 bits per heavy atom. The Morgan fingerprint density at radius 2 is 1.72 bits per heavy atom. The van der Waals surface area contributed by atoms with Gasteiger partial charge in [-0.15, -0.1) is 0 Å². The lowest BCUT2D eigenvalue weighted by Crippen LogP contribution is -2.14. The molecule has 0 aliphatic carbocycles. The fourth-order valence-corrected chi connectivity index (χ4v) is 3.93. The van der Waals surface area contributed by atoms with E-state index in [9.17, 15) is 18.5 Å². The zero-order valence-corrected chi connectivity index (χ0v) is 19.2. The van der Waals surface area contributed by atoms with E-state index in [1.165, 1.54) is 37.5 Å². The number of amides is 1. The summed E-state index contributed by atoms with van der Waals surface area (Å²) in [6.07, 6.45) is 1.24. The van der Waals surface area contributed by atoms with Crippen LogP contribution in [0.25, 0.3) is 6.08 Å². The number of ether oxygens (including phenoxy) is 1. The maximum absolute atomic E-state index is 12.7. The highest BCUT2D eigenvalue weighted by molar-refractivity contribution is 9.10. The van der Waals surface area contributed by atoms with Gasteiger partial charge in [0, 0.05) is 15.7 Å². The number of nitrogens with zero attached hydrogens (tertiary/aromatic N) is 1. The molecule has 0 aliphatic rings. The second kappa shape index (κ2) is 10.1. The lowest BCUT2D eigenvalue weighted by molar-refractivity contribution is -0.112. The number of rotatable bonds is 7. The van der Waals surface area contributed by atoms with Crippen molar-refractivity contribution in [2.45, 2.75) is 4.90 Å². The predicted octanol–water partition coefficient (Wildman–Crippen LogP) is 4.77. The fraction of sp³-hybridized carbons (Fsp3) is 0.0435. The Labute approximate surface area is 194 Å². The number of para-hydroxylation sites is 1. The van der Waals surface area contributed by atoms with Crippen LogP contribution in [0.2, 0.25) is 0 Å². The zero-order valence-electron chi connectivity index (χ0n) is 16.8. The lowest BCUT2D eigenvalue weighted by Gasteiger charge is -2.13. The van der Waals surface area contributed by atoms with Gasteiger partial charge in [0.2, 0.25) is 0 Å². The van der Waals surface area contributed by atoms with Gasteiger partial charge in [0.15, 0.2) is 11.5 Å². The molecular formula is C23H17BrN2O5S. The summed E-state index contributed by atoms with van der Waals surface area (Å²) in [6, 6.07) is 20.9. The average molecular weight is 513 g/mol. The molecule has 0 bridgehead atoms. The van der Waals surface area contributed by atoms with Crippen LogP contribution >= 0.6 is 15.9 Å². The molecule has 3 aromatic carbocycles. The van der Waals surface area contributed by atoms with Crippen molar-refractivity contribution in [2.75, 3.05) is 12.4 Å². The van der Waals surface area contributed by atoms with E-state index in [4.69, 9.17) is 8.92 Å². The molecule has 0 saturated heterocycles. The van der Waals surface area contributed by atoms with Gasteiger partial charge < -0.3 is 14.2 Å². The van der Waals surface area contributed by atoms with Gasteiger partial charge in [-0.2, -0.15) is 13.7 Å². The van der Waals surface area contributed by atoms with Crippen molar-refractivity contribution in [2.24, 2.45) is 0 Å². The SMILES string of the molecule is COc1cccc(/C=C(\C#N)C(=O)Nc2ccc(Br)cc2)c1OS(=O)(=O)c1ccccc1. The molecule has 7 nitrogen and oxygen atoms in total. The van der Waals surface area contributed by atoms with Crippen LogP contribution < -0.4 is 14.2 Å². The predicted molar refractivity (Wildman–Crippen MR) is 124 cm³/mol. The van der Waals surface area contributed by atoms with Crippen LogP contribution in [0, 0.1) is 11.3 Å².